The van der Waals surface area contributed by atoms with E-state index in [-0.39, 0.29) is 12.0 Å². The van der Waals surface area contributed by atoms with Crippen LogP contribution in [0.3, 0.4) is 0 Å². The zero-order valence-electron chi connectivity index (χ0n) is 11.4. The van der Waals surface area contributed by atoms with Crippen molar-refractivity contribution in [2.75, 3.05) is 26.3 Å². The molecule has 2 fully saturated rings. The molecular formula is C14H26N2O2. The second kappa shape index (κ2) is 6.53. The molecule has 0 aromatic heterocycles. The van der Waals surface area contributed by atoms with Crippen LogP contribution in [0.25, 0.3) is 0 Å². The molecular weight excluding hydrogens is 228 g/mol. The molecule has 18 heavy (non-hydrogen) atoms. The summed E-state index contributed by atoms with van der Waals surface area (Å²) in [6.07, 6.45) is 5.37. The smallest absolute Gasteiger partial charge is 0.227 e. The van der Waals surface area contributed by atoms with E-state index in [1.165, 1.54) is 6.42 Å². The summed E-state index contributed by atoms with van der Waals surface area (Å²) in [6, 6.07) is 0.0877. The van der Waals surface area contributed by atoms with E-state index in [2.05, 4.69) is 0 Å². The molecule has 0 aromatic rings. The molecule has 104 valence electrons. The molecule has 1 aliphatic heterocycles. The van der Waals surface area contributed by atoms with Crippen LogP contribution in [0.2, 0.25) is 0 Å². The summed E-state index contributed by atoms with van der Waals surface area (Å²) in [7, 11) is 0. The van der Waals surface area contributed by atoms with Crippen LogP contribution in [0.4, 0.5) is 0 Å². The third-order valence-electron chi connectivity index (χ3n) is 4.27. The van der Waals surface area contributed by atoms with Crippen molar-refractivity contribution in [3.8, 4) is 0 Å². The predicted molar refractivity (Wildman–Crippen MR) is 71.1 cm³/mol. The van der Waals surface area contributed by atoms with Gasteiger partial charge < -0.3 is 15.4 Å². The standard InChI is InChI=1S/C14H26N2O2/c1-2-18-10-11-5-4-8-16(9-11)14(17)12-6-3-7-13(12)15/h11-13H,2-10,15H2,1H3/t11-,12+,13+/m1/s1. The van der Waals surface area contributed by atoms with Gasteiger partial charge in [0.15, 0.2) is 0 Å². The lowest BCUT2D eigenvalue weighted by Gasteiger charge is -2.35. The molecule has 0 bridgehead atoms. The third kappa shape index (κ3) is 3.23. The van der Waals surface area contributed by atoms with Gasteiger partial charge in [0.05, 0.1) is 12.5 Å². The van der Waals surface area contributed by atoms with Crippen LogP contribution in [-0.4, -0.2) is 43.2 Å². The molecule has 4 heteroatoms. The van der Waals surface area contributed by atoms with Gasteiger partial charge >= 0.3 is 0 Å². The lowest BCUT2D eigenvalue weighted by Crippen LogP contribution is -2.46. The Morgan fingerprint density at radius 3 is 2.83 bits per heavy atom. The van der Waals surface area contributed by atoms with Gasteiger partial charge in [-0.25, -0.2) is 0 Å². The molecule has 1 amide bonds. The first-order chi connectivity index (χ1) is 8.72. The minimum Gasteiger partial charge on any atom is -0.381 e. The van der Waals surface area contributed by atoms with Crippen molar-refractivity contribution in [2.45, 2.75) is 45.1 Å². The van der Waals surface area contributed by atoms with E-state index < -0.39 is 0 Å². The van der Waals surface area contributed by atoms with Gasteiger partial charge in [0.25, 0.3) is 0 Å². The summed E-state index contributed by atoms with van der Waals surface area (Å²) in [5.74, 6) is 0.886. The second-order valence-electron chi connectivity index (χ2n) is 5.65. The monoisotopic (exact) mass is 254 g/mol. The molecule has 0 spiro atoms. The number of carbonyl (C=O) groups is 1. The summed E-state index contributed by atoms with van der Waals surface area (Å²) in [5, 5.41) is 0. The van der Waals surface area contributed by atoms with Crippen molar-refractivity contribution in [1.82, 2.24) is 4.90 Å². The molecule has 1 saturated heterocycles. The van der Waals surface area contributed by atoms with Crippen molar-refractivity contribution in [1.29, 1.82) is 0 Å². The van der Waals surface area contributed by atoms with Crippen LogP contribution in [0.1, 0.15) is 39.0 Å². The lowest BCUT2D eigenvalue weighted by atomic mass is 9.95. The number of nitrogens with zero attached hydrogens (tertiary/aromatic N) is 1. The summed E-state index contributed by atoms with van der Waals surface area (Å²) < 4.78 is 5.48. The molecule has 1 saturated carbocycles. The molecule has 3 atom stereocenters. The van der Waals surface area contributed by atoms with Gasteiger partial charge in [0.1, 0.15) is 0 Å². The van der Waals surface area contributed by atoms with E-state index in [0.29, 0.717) is 11.8 Å². The van der Waals surface area contributed by atoms with Gasteiger partial charge in [-0.05, 0) is 38.5 Å². The van der Waals surface area contributed by atoms with Crippen molar-refractivity contribution in [3.05, 3.63) is 0 Å². The van der Waals surface area contributed by atoms with Crippen LogP contribution in [0.15, 0.2) is 0 Å². The fourth-order valence-corrected chi connectivity index (χ4v) is 3.22. The molecule has 2 N–H and O–H groups in total. The summed E-state index contributed by atoms with van der Waals surface area (Å²) in [4.78, 5) is 14.5. The first-order valence-electron chi connectivity index (χ1n) is 7.34. The topological polar surface area (TPSA) is 55.6 Å². The first-order valence-corrected chi connectivity index (χ1v) is 7.34. The SMILES string of the molecule is CCOC[C@@H]1CCCN(C(=O)[C@H]2CCC[C@@H]2N)C1. The molecule has 2 rings (SSSR count). The van der Waals surface area contributed by atoms with E-state index in [1.807, 2.05) is 11.8 Å². The zero-order chi connectivity index (χ0) is 13.0. The highest BCUT2D eigenvalue weighted by Crippen LogP contribution is 2.28. The number of rotatable bonds is 4. The fourth-order valence-electron chi connectivity index (χ4n) is 3.22. The van der Waals surface area contributed by atoms with Crippen LogP contribution < -0.4 is 5.73 Å². The van der Waals surface area contributed by atoms with Crippen molar-refractivity contribution in [2.24, 2.45) is 17.6 Å². The second-order valence-corrected chi connectivity index (χ2v) is 5.65. The number of amides is 1. The fraction of sp³-hybridized carbons (Fsp3) is 0.929. The molecule has 0 unspecified atom stereocenters. The van der Waals surface area contributed by atoms with Gasteiger partial charge in [-0.3, -0.25) is 4.79 Å². The maximum atomic E-state index is 12.4. The van der Waals surface area contributed by atoms with Gasteiger partial charge in [0.2, 0.25) is 5.91 Å². The predicted octanol–water partition coefficient (Wildman–Crippen LogP) is 1.39. The molecule has 0 aromatic carbocycles. The summed E-state index contributed by atoms with van der Waals surface area (Å²) in [5.41, 5.74) is 6.03. The lowest BCUT2D eigenvalue weighted by molar-refractivity contribution is -0.138. The Labute approximate surface area is 110 Å². The highest BCUT2D eigenvalue weighted by atomic mass is 16.5. The highest BCUT2D eigenvalue weighted by molar-refractivity contribution is 5.80. The quantitative estimate of drug-likeness (QED) is 0.825. The molecule has 1 aliphatic carbocycles. The van der Waals surface area contributed by atoms with E-state index in [9.17, 15) is 4.79 Å². The Morgan fingerprint density at radius 2 is 2.17 bits per heavy atom. The van der Waals surface area contributed by atoms with E-state index in [1.54, 1.807) is 0 Å². The van der Waals surface area contributed by atoms with Crippen LogP contribution in [-0.2, 0) is 9.53 Å². The van der Waals surface area contributed by atoms with Gasteiger partial charge in [0, 0.05) is 25.7 Å². The summed E-state index contributed by atoms with van der Waals surface area (Å²) >= 11 is 0. The number of hydrogen-bond donors (Lipinski definition) is 1. The Hall–Kier alpha value is -0.610. The minimum absolute atomic E-state index is 0.0795. The zero-order valence-corrected chi connectivity index (χ0v) is 11.4. The molecule has 2 aliphatic rings. The van der Waals surface area contributed by atoms with Gasteiger partial charge in [-0.15, -0.1) is 0 Å². The molecule has 1 heterocycles. The maximum absolute atomic E-state index is 12.4. The number of hydrogen-bond acceptors (Lipinski definition) is 3. The number of ether oxygens (including phenoxy) is 1. The molecule has 4 nitrogen and oxygen atoms in total. The summed E-state index contributed by atoms with van der Waals surface area (Å²) in [6.45, 7) is 5.34. The molecule has 0 radical (unpaired) electrons. The Kier molecular flexibility index (Phi) is 5.01. The average Bonchev–Trinajstić information content (AvgIpc) is 2.82. The van der Waals surface area contributed by atoms with E-state index in [4.69, 9.17) is 10.5 Å². The Balaban J connectivity index is 1.85. The van der Waals surface area contributed by atoms with Crippen molar-refractivity contribution in [3.63, 3.8) is 0 Å². The maximum Gasteiger partial charge on any atom is 0.227 e. The number of carbonyl (C=O) groups excluding carboxylic acids is 1. The van der Waals surface area contributed by atoms with Crippen molar-refractivity contribution < 1.29 is 9.53 Å². The van der Waals surface area contributed by atoms with E-state index >= 15 is 0 Å². The highest BCUT2D eigenvalue weighted by Gasteiger charge is 2.35. The normalized spacial score (nSPS) is 32.8. The largest absolute Gasteiger partial charge is 0.381 e. The van der Waals surface area contributed by atoms with Gasteiger partial charge in [-0.1, -0.05) is 6.42 Å². The minimum atomic E-state index is 0.0795. The Morgan fingerprint density at radius 1 is 1.33 bits per heavy atom. The van der Waals surface area contributed by atoms with Crippen LogP contribution >= 0.6 is 0 Å². The average molecular weight is 254 g/mol. The first kappa shape index (κ1) is 13.8. The van der Waals surface area contributed by atoms with E-state index in [0.717, 1.165) is 52.0 Å². The van der Waals surface area contributed by atoms with Crippen LogP contribution in [0.5, 0.6) is 0 Å². The number of likely N-dealkylation sites (tertiary alicyclic amines) is 1. The number of nitrogens with two attached hydrogens (primary N) is 1. The van der Waals surface area contributed by atoms with Crippen LogP contribution in [0, 0.1) is 11.8 Å². The number of piperidine rings is 1. The van der Waals surface area contributed by atoms with Gasteiger partial charge in [-0.2, -0.15) is 0 Å². The third-order valence-corrected chi connectivity index (χ3v) is 4.27. The van der Waals surface area contributed by atoms with Crippen molar-refractivity contribution >= 4 is 5.91 Å². The Bertz CT molecular complexity index is 283.